The number of carboxylic acid groups (broad SMARTS) is 2. The van der Waals surface area contributed by atoms with Gasteiger partial charge < -0.3 is 30.0 Å². The van der Waals surface area contributed by atoms with E-state index in [-0.39, 0.29) is 33.3 Å². The first-order valence-corrected chi connectivity index (χ1v) is 8.81. The van der Waals surface area contributed by atoms with Gasteiger partial charge in [-0.05, 0) is 25.7 Å². The summed E-state index contributed by atoms with van der Waals surface area (Å²) in [5, 5.41) is 35.3. The summed E-state index contributed by atoms with van der Waals surface area (Å²) in [5.74, 6) is -3.07. The van der Waals surface area contributed by atoms with Gasteiger partial charge >= 0.3 is 21.7 Å². The summed E-state index contributed by atoms with van der Waals surface area (Å²) in [6, 6.07) is 0. The largest absolute Gasteiger partial charge is 2.00 e. The van der Waals surface area contributed by atoms with Crippen LogP contribution < -0.4 is 10.2 Å². The van der Waals surface area contributed by atoms with Crippen molar-refractivity contribution in [3.05, 3.63) is 0 Å². The van der Waals surface area contributed by atoms with Crippen LogP contribution in [0.3, 0.4) is 0 Å². The summed E-state index contributed by atoms with van der Waals surface area (Å²) < 4.78 is 0. The summed E-state index contributed by atoms with van der Waals surface area (Å²) in [5.41, 5.74) is 0. The molecule has 158 valence electrons. The van der Waals surface area contributed by atoms with Crippen LogP contribution in [0, 0.1) is 0 Å². The summed E-state index contributed by atoms with van der Waals surface area (Å²) in [4.78, 5) is 40.4. The molecule has 0 aromatic heterocycles. The van der Waals surface area contributed by atoms with E-state index >= 15 is 0 Å². The van der Waals surface area contributed by atoms with E-state index in [2.05, 4.69) is 0 Å². The van der Waals surface area contributed by atoms with Crippen molar-refractivity contribution in [3.63, 3.8) is 0 Å². The molecular formula is C18H34O8Ti. The van der Waals surface area contributed by atoms with Gasteiger partial charge in [0.05, 0.1) is 0 Å². The zero-order valence-electron chi connectivity index (χ0n) is 16.9. The molecule has 2 N–H and O–H groups in total. The van der Waals surface area contributed by atoms with Crippen LogP contribution in [0.1, 0.15) is 79.1 Å². The fourth-order valence-electron chi connectivity index (χ4n) is 1.06. The zero-order chi connectivity index (χ0) is 21.4. The molecular weight excluding hydrogens is 392 g/mol. The number of ketones is 2. The van der Waals surface area contributed by atoms with Gasteiger partial charge in [0.2, 0.25) is 0 Å². The van der Waals surface area contributed by atoms with Crippen molar-refractivity contribution in [1.29, 1.82) is 0 Å². The maximum absolute atomic E-state index is 10.4. The molecule has 0 saturated heterocycles. The van der Waals surface area contributed by atoms with Gasteiger partial charge in [0, 0.05) is 50.8 Å². The Kier molecular flexibility index (Phi) is 44.4. The third kappa shape index (κ3) is 58.8. The monoisotopic (exact) mass is 426 g/mol. The van der Waals surface area contributed by atoms with Crippen molar-refractivity contribution in [2.45, 2.75) is 79.1 Å². The van der Waals surface area contributed by atoms with Crippen molar-refractivity contribution in [1.82, 2.24) is 0 Å². The molecule has 0 aromatic rings. The molecule has 9 heteroatoms. The maximum atomic E-state index is 10.4. The normalized spacial score (nSPS) is 8.22. The smallest absolute Gasteiger partial charge is 0.550 e. The zero-order valence-corrected chi connectivity index (χ0v) is 18.5. The molecule has 0 heterocycles. The van der Waals surface area contributed by atoms with Gasteiger partial charge in [0.25, 0.3) is 0 Å². The van der Waals surface area contributed by atoms with E-state index in [0.29, 0.717) is 38.9 Å². The third-order valence-corrected chi connectivity index (χ3v) is 2.19. The second kappa shape index (κ2) is 32.6. The number of carbonyl (C=O) groups is 4. The number of aliphatic hydroxyl groups is 2. The fourth-order valence-corrected chi connectivity index (χ4v) is 1.06. The van der Waals surface area contributed by atoms with Crippen molar-refractivity contribution in [2.24, 2.45) is 0 Å². The molecule has 0 aliphatic heterocycles. The third-order valence-electron chi connectivity index (χ3n) is 2.19. The maximum Gasteiger partial charge on any atom is 2.00 e. The van der Waals surface area contributed by atoms with E-state index in [9.17, 15) is 29.4 Å². The van der Waals surface area contributed by atoms with Gasteiger partial charge in [-0.2, -0.15) is 0 Å². The van der Waals surface area contributed by atoms with Gasteiger partial charge in [0.1, 0.15) is 11.6 Å². The Morgan fingerprint density at radius 1 is 0.630 bits per heavy atom. The molecule has 0 bridgehead atoms. The van der Waals surface area contributed by atoms with Gasteiger partial charge in [-0.25, -0.2) is 0 Å². The van der Waals surface area contributed by atoms with Crippen molar-refractivity contribution in [3.8, 4) is 0 Å². The van der Waals surface area contributed by atoms with Gasteiger partial charge in [-0.3, -0.25) is 9.59 Å². The van der Waals surface area contributed by atoms with Crippen LogP contribution in [-0.2, 0) is 40.9 Å². The Morgan fingerprint density at radius 2 is 0.852 bits per heavy atom. The first-order chi connectivity index (χ1) is 12.2. The van der Waals surface area contributed by atoms with Crippen LogP contribution in [0.5, 0.6) is 0 Å². The van der Waals surface area contributed by atoms with Crippen LogP contribution in [0.15, 0.2) is 0 Å². The van der Waals surface area contributed by atoms with E-state index in [1.807, 2.05) is 27.7 Å². The predicted molar refractivity (Wildman–Crippen MR) is 93.8 cm³/mol. The van der Waals surface area contributed by atoms with E-state index in [4.69, 9.17) is 10.2 Å². The Morgan fingerprint density at radius 3 is 0.963 bits per heavy atom. The average Bonchev–Trinajstić information content (AvgIpc) is 2.55. The van der Waals surface area contributed by atoms with Crippen molar-refractivity contribution >= 4 is 23.5 Å². The first-order valence-electron chi connectivity index (χ1n) is 8.81. The first kappa shape index (κ1) is 36.8. The molecule has 0 amide bonds. The van der Waals surface area contributed by atoms with E-state index in [1.54, 1.807) is 0 Å². The number of hydrogen-bond acceptors (Lipinski definition) is 8. The number of carbonyl (C=O) groups excluding carboxylic acids is 4. The Labute approximate surface area is 177 Å². The van der Waals surface area contributed by atoms with E-state index < -0.39 is 24.8 Å². The summed E-state index contributed by atoms with van der Waals surface area (Å²) in [7, 11) is 0. The fraction of sp³-hybridized carbons (Fsp3) is 0.778. The number of Topliss-reactive ketones (excluding diaryl/α,β-unsaturated/α-hetero) is 2. The molecule has 0 aromatic carbocycles. The Bertz CT molecular complexity index is 321. The molecule has 0 atom stereocenters. The SMILES string of the molecule is CCCC(=O)CC(=O)[O-].CCCC(=O)CC(=O)[O-].CCCO.CCCO.[Ti+2]. The summed E-state index contributed by atoms with van der Waals surface area (Å²) in [6.07, 6.45) is 2.96. The number of aliphatic hydroxyl groups excluding tert-OH is 2. The van der Waals surface area contributed by atoms with Crippen LogP contribution >= 0.6 is 0 Å². The number of rotatable bonds is 10. The quantitative estimate of drug-likeness (QED) is 0.358. The predicted octanol–water partition coefficient (Wildman–Crippen LogP) is -0.234. The molecule has 0 aliphatic carbocycles. The van der Waals surface area contributed by atoms with Gasteiger partial charge in [0.15, 0.2) is 0 Å². The molecule has 0 rings (SSSR count). The Hall–Kier alpha value is -1.09. The molecule has 0 radical (unpaired) electrons. The van der Waals surface area contributed by atoms with Crippen LogP contribution in [-0.4, -0.2) is 46.9 Å². The van der Waals surface area contributed by atoms with Crippen molar-refractivity contribution < 1.29 is 61.3 Å². The number of hydrogen-bond donors (Lipinski definition) is 2. The topological polar surface area (TPSA) is 155 Å². The molecule has 0 spiro atoms. The molecule has 0 aliphatic rings. The molecule has 0 saturated carbocycles. The van der Waals surface area contributed by atoms with Crippen molar-refractivity contribution in [2.75, 3.05) is 13.2 Å². The molecule has 27 heavy (non-hydrogen) atoms. The second-order valence-corrected chi connectivity index (χ2v) is 5.12. The van der Waals surface area contributed by atoms with E-state index in [1.165, 1.54) is 0 Å². The Balaban J connectivity index is -0.0000000843. The summed E-state index contributed by atoms with van der Waals surface area (Å²) in [6.45, 7) is 8.15. The van der Waals surface area contributed by atoms with Crippen LogP contribution in [0.25, 0.3) is 0 Å². The van der Waals surface area contributed by atoms with Crippen LogP contribution in [0.2, 0.25) is 0 Å². The molecule has 8 nitrogen and oxygen atoms in total. The average molecular weight is 426 g/mol. The van der Waals surface area contributed by atoms with Crippen LogP contribution in [0.4, 0.5) is 0 Å². The molecule has 0 unspecified atom stereocenters. The summed E-state index contributed by atoms with van der Waals surface area (Å²) >= 11 is 0. The van der Waals surface area contributed by atoms with Gasteiger partial charge in [-0.15, -0.1) is 0 Å². The molecule has 0 fully saturated rings. The minimum Gasteiger partial charge on any atom is -0.550 e. The number of carboxylic acids is 2. The second-order valence-electron chi connectivity index (χ2n) is 5.12. The standard InChI is InChI=1S/2C6H10O3.2C3H8O.Ti/c2*1-2-3-5(7)4-6(8)9;2*1-2-3-4;/h2*2-4H2,1H3,(H,8,9);2*4H,2-3H2,1H3;/q;;;;+2/p-2. The van der Waals surface area contributed by atoms with E-state index in [0.717, 1.165) is 12.8 Å². The minimum atomic E-state index is -1.28. The number of aliphatic carboxylic acids is 2. The minimum absolute atomic E-state index is 0. The van der Waals surface area contributed by atoms with Gasteiger partial charge in [-0.1, -0.05) is 27.7 Å².